The van der Waals surface area contributed by atoms with Crippen LogP contribution in [0, 0.1) is 0 Å². The van der Waals surface area contributed by atoms with E-state index in [2.05, 4.69) is 69.4 Å². The molecule has 0 saturated heterocycles. The van der Waals surface area contributed by atoms with Gasteiger partial charge in [-0.25, -0.2) is 0 Å². The summed E-state index contributed by atoms with van der Waals surface area (Å²) in [5, 5.41) is 0. The van der Waals surface area contributed by atoms with Crippen LogP contribution in [0.1, 0.15) is 342 Å². The van der Waals surface area contributed by atoms with Gasteiger partial charge in [-0.15, -0.1) is 0 Å². The molecule has 0 spiro atoms. The molecule has 0 amide bonds. The summed E-state index contributed by atoms with van der Waals surface area (Å²) in [5.41, 5.74) is 0. The summed E-state index contributed by atoms with van der Waals surface area (Å²) in [4.78, 5) is 38.3. The minimum Gasteiger partial charge on any atom is -0.462 e. The molecule has 0 aromatic rings. The number of esters is 3. The summed E-state index contributed by atoms with van der Waals surface area (Å²) in [7, 11) is 0. The average Bonchev–Trinajstić information content (AvgIpc) is 3.39. The predicted molar refractivity (Wildman–Crippen MR) is 316 cm³/mol. The molecule has 0 aromatic carbocycles. The van der Waals surface area contributed by atoms with E-state index in [-0.39, 0.29) is 31.1 Å². The number of hydrogen-bond donors (Lipinski definition) is 0. The molecule has 0 aromatic heterocycles. The molecule has 0 unspecified atom stereocenters. The summed E-state index contributed by atoms with van der Waals surface area (Å²) < 4.78 is 16.9. The number of rotatable bonds is 59. The van der Waals surface area contributed by atoms with Gasteiger partial charge < -0.3 is 14.2 Å². The lowest BCUT2D eigenvalue weighted by molar-refractivity contribution is -0.167. The Bertz CT molecular complexity index is 1270. The van der Waals surface area contributed by atoms with Gasteiger partial charge in [-0.05, 0) is 103 Å². The summed E-state index contributed by atoms with van der Waals surface area (Å²) in [6.07, 6.45) is 76.8. The van der Waals surface area contributed by atoms with E-state index in [0.29, 0.717) is 19.3 Å². The molecule has 0 radical (unpaired) electrons. The molecule has 426 valence electrons. The molecule has 0 heterocycles. The minimum absolute atomic E-state index is 0.0751. The number of ether oxygens (including phenoxy) is 3. The normalized spacial score (nSPS) is 12.3. The molecule has 0 rings (SSSR count). The third-order valence-electron chi connectivity index (χ3n) is 14.3. The van der Waals surface area contributed by atoms with Crippen LogP contribution in [0.15, 0.2) is 48.6 Å². The fourth-order valence-corrected chi connectivity index (χ4v) is 9.41. The molecule has 6 heteroatoms. The topological polar surface area (TPSA) is 78.9 Å². The Labute approximate surface area is 454 Å². The molecule has 0 aliphatic heterocycles. The number of carbonyl (C=O) groups excluding carboxylic acids is 3. The van der Waals surface area contributed by atoms with E-state index in [1.165, 1.54) is 238 Å². The van der Waals surface area contributed by atoms with E-state index >= 15 is 0 Å². The third-order valence-corrected chi connectivity index (χ3v) is 14.3. The van der Waals surface area contributed by atoms with Crippen molar-refractivity contribution >= 4 is 17.9 Å². The largest absolute Gasteiger partial charge is 0.462 e. The predicted octanol–water partition coefficient (Wildman–Crippen LogP) is 21.8. The summed E-state index contributed by atoms with van der Waals surface area (Å²) in [5.74, 6) is -0.865. The van der Waals surface area contributed by atoms with Crippen LogP contribution in [0.5, 0.6) is 0 Å². The highest BCUT2D eigenvalue weighted by Gasteiger charge is 2.19. The van der Waals surface area contributed by atoms with Crippen LogP contribution in [0.25, 0.3) is 0 Å². The zero-order chi connectivity index (χ0) is 52.9. The van der Waals surface area contributed by atoms with Crippen LogP contribution in [-0.4, -0.2) is 37.2 Å². The minimum atomic E-state index is -0.778. The highest BCUT2D eigenvalue weighted by molar-refractivity contribution is 5.71. The van der Waals surface area contributed by atoms with E-state index < -0.39 is 6.10 Å². The number of hydrogen-bond acceptors (Lipinski definition) is 6. The van der Waals surface area contributed by atoms with Crippen LogP contribution >= 0.6 is 0 Å². The van der Waals surface area contributed by atoms with Crippen LogP contribution in [-0.2, 0) is 28.6 Å². The molecule has 73 heavy (non-hydrogen) atoms. The van der Waals surface area contributed by atoms with E-state index in [1.807, 2.05) is 0 Å². The summed E-state index contributed by atoms with van der Waals surface area (Å²) in [6.45, 7) is 6.65. The Balaban J connectivity index is 4.36. The van der Waals surface area contributed by atoms with Crippen molar-refractivity contribution in [2.75, 3.05) is 13.2 Å². The molecule has 6 nitrogen and oxygen atoms in total. The van der Waals surface area contributed by atoms with Gasteiger partial charge >= 0.3 is 17.9 Å². The lowest BCUT2D eigenvalue weighted by Crippen LogP contribution is -2.30. The maximum atomic E-state index is 12.9. The SMILES string of the molecule is CCCCC/C=C/C/C=C/CCCCCCCCCCCC(=O)OC[C@@H](COC(=O)CCCCCCCCC/C=C/CCCCCCCC)OC(=O)CCCCCCCCCCC/C=C/CCCCCCCC. The van der Waals surface area contributed by atoms with Crippen molar-refractivity contribution in [1.29, 1.82) is 0 Å². The quantitative estimate of drug-likeness (QED) is 0.0261. The van der Waals surface area contributed by atoms with Gasteiger partial charge in [0, 0.05) is 19.3 Å². The van der Waals surface area contributed by atoms with Crippen molar-refractivity contribution in [3.8, 4) is 0 Å². The molecule has 0 aliphatic carbocycles. The molecule has 0 bridgehead atoms. The first-order chi connectivity index (χ1) is 36.0. The fourth-order valence-electron chi connectivity index (χ4n) is 9.41. The molecular weight excluding hydrogens is 901 g/mol. The number of unbranched alkanes of at least 4 members (excludes halogenated alkanes) is 40. The van der Waals surface area contributed by atoms with Gasteiger partial charge in [-0.1, -0.05) is 268 Å². The Morgan fingerprint density at radius 2 is 0.493 bits per heavy atom. The monoisotopic (exact) mass is 1020 g/mol. The maximum Gasteiger partial charge on any atom is 0.306 e. The van der Waals surface area contributed by atoms with Crippen molar-refractivity contribution in [3.05, 3.63) is 48.6 Å². The zero-order valence-electron chi connectivity index (χ0n) is 48.9. The lowest BCUT2D eigenvalue weighted by Gasteiger charge is -2.18. The Hall–Kier alpha value is -2.63. The first kappa shape index (κ1) is 70.4. The van der Waals surface area contributed by atoms with E-state index in [1.54, 1.807) is 0 Å². The molecule has 0 fully saturated rings. The van der Waals surface area contributed by atoms with E-state index in [0.717, 1.165) is 64.2 Å². The smallest absolute Gasteiger partial charge is 0.306 e. The highest BCUT2D eigenvalue weighted by Crippen LogP contribution is 2.17. The van der Waals surface area contributed by atoms with Crippen LogP contribution < -0.4 is 0 Å². The molecule has 0 aliphatic rings. The van der Waals surface area contributed by atoms with Crippen LogP contribution in [0.4, 0.5) is 0 Å². The Morgan fingerprint density at radius 1 is 0.274 bits per heavy atom. The molecule has 0 saturated carbocycles. The Morgan fingerprint density at radius 3 is 0.795 bits per heavy atom. The Kier molecular flexibility index (Phi) is 59.7. The first-order valence-electron chi connectivity index (χ1n) is 32.1. The van der Waals surface area contributed by atoms with E-state index in [9.17, 15) is 14.4 Å². The zero-order valence-corrected chi connectivity index (χ0v) is 48.9. The van der Waals surface area contributed by atoms with Gasteiger partial charge in [0.2, 0.25) is 0 Å². The fraction of sp³-hybridized carbons (Fsp3) is 0.836. The van der Waals surface area contributed by atoms with Crippen molar-refractivity contribution in [1.82, 2.24) is 0 Å². The van der Waals surface area contributed by atoms with Crippen LogP contribution in [0.2, 0.25) is 0 Å². The third kappa shape index (κ3) is 60.1. The highest BCUT2D eigenvalue weighted by atomic mass is 16.6. The van der Waals surface area contributed by atoms with Crippen molar-refractivity contribution in [2.24, 2.45) is 0 Å². The number of carbonyl (C=O) groups is 3. The van der Waals surface area contributed by atoms with Crippen LogP contribution in [0.3, 0.4) is 0 Å². The van der Waals surface area contributed by atoms with Crippen molar-refractivity contribution in [2.45, 2.75) is 348 Å². The van der Waals surface area contributed by atoms with Gasteiger partial charge in [-0.3, -0.25) is 14.4 Å². The van der Waals surface area contributed by atoms with Gasteiger partial charge in [-0.2, -0.15) is 0 Å². The summed E-state index contributed by atoms with van der Waals surface area (Å²) in [6, 6.07) is 0. The van der Waals surface area contributed by atoms with Gasteiger partial charge in [0.15, 0.2) is 6.10 Å². The maximum absolute atomic E-state index is 12.9. The molecular formula is C67H122O6. The average molecular weight is 1020 g/mol. The van der Waals surface area contributed by atoms with Gasteiger partial charge in [0.1, 0.15) is 13.2 Å². The van der Waals surface area contributed by atoms with Gasteiger partial charge in [0.05, 0.1) is 0 Å². The molecule has 0 N–H and O–H groups in total. The van der Waals surface area contributed by atoms with Crippen molar-refractivity contribution < 1.29 is 28.6 Å². The molecule has 1 atom stereocenters. The van der Waals surface area contributed by atoms with Crippen molar-refractivity contribution in [3.63, 3.8) is 0 Å². The second kappa shape index (κ2) is 61.9. The standard InChI is InChI=1S/C67H122O6/c1-4-7-10-13-16-19-22-25-28-31-33-36-39-42-45-48-51-54-57-60-66(69)72-63-64(62-71-65(68)59-56-53-50-47-44-41-38-35-30-27-24-21-18-15-12-9-6-3)73-67(70)61-58-55-52-49-46-43-40-37-34-32-29-26-23-20-17-14-11-8-5-2/h16,19,25-30,64H,4-15,17-18,20-24,31-63H2,1-3H3/b19-16+,28-25+,29-26+,30-27+/t64-/m1/s1. The van der Waals surface area contributed by atoms with E-state index in [4.69, 9.17) is 14.2 Å². The second-order valence-corrected chi connectivity index (χ2v) is 21.7. The lowest BCUT2D eigenvalue weighted by atomic mass is 10.1. The van der Waals surface area contributed by atoms with Gasteiger partial charge in [0.25, 0.3) is 0 Å². The first-order valence-corrected chi connectivity index (χ1v) is 32.1. The second-order valence-electron chi connectivity index (χ2n) is 21.7. The summed E-state index contributed by atoms with van der Waals surface area (Å²) >= 11 is 0. The number of allylic oxidation sites excluding steroid dienone is 8.